The Kier molecular flexibility index (Phi) is 6.70. The lowest BCUT2D eigenvalue weighted by Gasteiger charge is -2.25. The molecule has 1 unspecified atom stereocenters. The minimum atomic E-state index is -0.719. The van der Waals surface area contributed by atoms with E-state index in [0.29, 0.717) is 43.1 Å². The summed E-state index contributed by atoms with van der Waals surface area (Å²) >= 11 is 0. The Bertz CT molecular complexity index is 1090. The topological polar surface area (TPSA) is 85.3 Å². The van der Waals surface area contributed by atoms with E-state index in [1.807, 2.05) is 32.0 Å². The molecule has 1 N–H and O–H groups in total. The molecule has 2 aromatic rings. The average Bonchev–Trinajstić information content (AvgIpc) is 3.38. The summed E-state index contributed by atoms with van der Waals surface area (Å²) in [6.45, 7) is 5.28. The van der Waals surface area contributed by atoms with Gasteiger partial charge in [-0.25, -0.2) is 0 Å². The maximum atomic E-state index is 13.1. The monoisotopic (exact) mass is 451 g/mol. The van der Waals surface area contributed by atoms with Crippen LogP contribution in [0.3, 0.4) is 0 Å². The van der Waals surface area contributed by atoms with E-state index in [1.54, 1.807) is 31.4 Å². The van der Waals surface area contributed by atoms with E-state index in [4.69, 9.17) is 14.2 Å². The van der Waals surface area contributed by atoms with E-state index in [1.165, 1.54) is 4.90 Å². The highest BCUT2D eigenvalue weighted by Crippen LogP contribution is 2.41. The molecule has 2 aliphatic rings. The van der Waals surface area contributed by atoms with Crippen LogP contribution in [-0.4, -0.2) is 54.7 Å². The number of ether oxygens (including phenoxy) is 3. The number of benzene rings is 2. The first-order valence-electron chi connectivity index (χ1n) is 11.2. The Morgan fingerprint density at radius 1 is 1.21 bits per heavy atom. The molecule has 0 aromatic heterocycles. The third-order valence-corrected chi connectivity index (χ3v) is 5.91. The van der Waals surface area contributed by atoms with Crippen LogP contribution in [0.15, 0.2) is 48.0 Å². The molecule has 33 heavy (non-hydrogen) atoms. The Hall–Kier alpha value is -3.32. The largest absolute Gasteiger partial charge is 0.507 e. The summed E-state index contributed by atoms with van der Waals surface area (Å²) < 4.78 is 16.5. The van der Waals surface area contributed by atoms with Crippen molar-refractivity contribution >= 4 is 17.4 Å². The SMILES string of the molecule is COc1cccc(C2/C(=C(/O)c3ccc4c(c3)CCO4)C(=O)C(=O)N2CCCOC(C)C)c1. The molecule has 1 amide bonds. The van der Waals surface area contributed by atoms with Crippen LogP contribution in [0.25, 0.3) is 5.76 Å². The predicted octanol–water partition coefficient (Wildman–Crippen LogP) is 3.87. The minimum Gasteiger partial charge on any atom is -0.507 e. The zero-order valence-electron chi connectivity index (χ0n) is 19.2. The zero-order valence-corrected chi connectivity index (χ0v) is 19.2. The molecule has 0 bridgehead atoms. The summed E-state index contributed by atoms with van der Waals surface area (Å²) in [5.41, 5.74) is 2.24. The van der Waals surface area contributed by atoms with Gasteiger partial charge in [-0.2, -0.15) is 0 Å². The van der Waals surface area contributed by atoms with E-state index in [-0.39, 0.29) is 17.4 Å². The second-order valence-corrected chi connectivity index (χ2v) is 8.46. The molecule has 1 atom stereocenters. The van der Waals surface area contributed by atoms with Crippen molar-refractivity contribution < 1.29 is 28.9 Å². The fourth-order valence-electron chi connectivity index (χ4n) is 4.31. The molecule has 1 fully saturated rings. The van der Waals surface area contributed by atoms with Crippen LogP contribution in [-0.2, 0) is 20.7 Å². The van der Waals surface area contributed by atoms with Crippen molar-refractivity contribution in [2.24, 2.45) is 0 Å². The molecular formula is C26H29NO6. The number of Topliss-reactive ketones (excluding diaryl/α,β-unsaturated/α-hetero) is 1. The van der Waals surface area contributed by atoms with E-state index in [2.05, 4.69) is 0 Å². The average molecular weight is 452 g/mol. The highest BCUT2D eigenvalue weighted by Gasteiger charge is 2.46. The normalized spacial score (nSPS) is 19.2. The lowest BCUT2D eigenvalue weighted by molar-refractivity contribution is -0.140. The highest BCUT2D eigenvalue weighted by atomic mass is 16.5. The summed E-state index contributed by atoms with van der Waals surface area (Å²) in [5, 5.41) is 11.2. The number of carbonyl (C=O) groups excluding carboxylic acids is 2. The van der Waals surface area contributed by atoms with Crippen molar-refractivity contribution in [3.63, 3.8) is 0 Å². The van der Waals surface area contributed by atoms with Gasteiger partial charge in [0.1, 0.15) is 17.3 Å². The van der Waals surface area contributed by atoms with Crippen LogP contribution in [0.5, 0.6) is 11.5 Å². The van der Waals surface area contributed by atoms with Gasteiger partial charge >= 0.3 is 0 Å². The smallest absolute Gasteiger partial charge is 0.295 e. The summed E-state index contributed by atoms with van der Waals surface area (Å²) in [6.07, 6.45) is 1.39. The second kappa shape index (κ2) is 9.67. The van der Waals surface area contributed by atoms with Crippen molar-refractivity contribution in [2.45, 2.75) is 38.8 Å². The van der Waals surface area contributed by atoms with Crippen molar-refractivity contribution in [3.8, 4) is 11.5 Å². The number of nitrogens with zero attached hydrogens (tertiary/aromatic N) is 1. The molecule has 174 valence electrons. The Balaban J connectivity index is 1.75. The van der Waals surface area contributed by atoms with E-state index in [0.717, 1.165) is 17.7 Å². The summed E-state index contributed by atoms with van der Waals surface area (Å²) in [7, 11) is 1.56. The van der Waals surface area contributed by atoms with Gasteiger partial charge in [0, 0.05) is 25.1 Å². The number of methoxy groups -OCH3 is 1. The molecule has 0 spiro atoms. The lowest BCUT2D eigenvalue weighted by Crippen LogP contribution is -2.31. The molecule has 7 heteroatoms. The molecule has 1 saturated heterocycles. The first kappa shape index (κ1) is 22.9. The number of fused-ring (bicyclic) bond motifs is 1. The van der Waals surface area contributed by atoms with E-state index in [9.17, 15) is 14.7 Å². The van der Waals surface area contributed by atoms with Crippen molar-refractivity contribution in [1.82, 2.24) is 4.90 Å². The molecule has 0 radical (unpaired) electrons. The van der Waals surface area contributed by atoms with Crippen molar-refractivity contribution in [3.05, 3.63) is 64.7 Å². The maximum Gasteiger partial charge on any atom is 0.295 e. The van der Waals surface area contributed by atoms with E-state index >= 15 is 0 Å². The van der Waals surface area contributed by atoms with E-state index < -0.39 is 17.7 Å². The molecule has 4 rings (SSSR count). The number of aliphatic hydroxyl groups is 1. The van der Waals surface area contributed by atoms with Gasteiger partial charge in [0.05, 0.1) is 31.4 Å². The summed E-state index contributed by atoms with van der Waals surface area (Å²) in [5.74, 6) is -0.116. The molecular weight excluding hydrogens is 422 g/mol. The number of rotatable bonds is 8. The van der Waals surface area contributed by atoms with Gasteiger partial charge in [0.15, 0.2) is 0 Å². The third kappa shape index (κ3) is 4.59. The second-order valence-electron chi connectivity index (χ2n) is 8.46. The minimum absolute atomic E-state index is 0.0805. The molecule has 2 heterocycles. The standard InChI is InChI=1S/C26H29NO6/c1-16(2)32-12-5-11-27-23(18-6-4-7-20(15-18)31-3)22(25(29)26(27)30)24(28)19-8-9-21-17(14-19)10-13-33-21/h4,6-9,14-16,23,28H,5,10-13H2,1-3H3/b24-22-. The summed E-state index contributed by atoms with van der Waals surface area (Å²) in [6, 6.07) is 11.8. The van der Waals surface area contributed by atoms with Crippen LogP contribution >= 0.6 is 0 Å². The highest BCUT2D eigenvalue weighted by molar-refractivity contribution is 6.46. The molecule has 7 nitrogen and oxygen atoms in total. The number of aliphatic hydroxyl groups excluding tert-OH is 1. The van der Waals surface area contributed by atoms with Gasteiger partial charge in [-0.05, 0) is 61.7 Å². The Morgan fingerprint density at radius 2 is 2.03 bits per heavy atom. The first-order chi connectivity index (χ1) is 15.9. The number of carbonyl (C=O) groups is 2. The number of likely N-dealkylation sites (tertiary alicyclic amines) is 1. The summed E-state index contributed by atoms with van der Waals surface area (Å²) in [4.78, 5) is 27.7. The quantitative estimate of drug-likeness (QED) is 0.284. The van der Waals surface area contributed by atoms with Gasteiger partial charge < -0.3 is 24.2 Å². The lowest BCUT2D eigenvalue weighted by atomic mass is 9.94. The zero-order chi connectivity index (χ0) is 23.5. The van der Waals surface area contributed by atoms with Crippen molar-refractivity contribution in [2.75, 3.05) is 26.9 Å². The van der Waals surface area contributed by atoms with Crippen molar-refractivity contribution in [1.29, 1.82) is 0 Å². The van der Waals surface area contributed by atoms with Crippen LogP contribution in [0, 0.1) is 0 Å². The van der Waals surface area contributed by atoms with Gasteiger partial charge in [-0.15, -0.1) is 0 Å². The van der Waals surface area contributed by atoms with Crippen LogP contribution in [0.4, 0.5) is 0 Å². The van der Waals surface area contributed by atoms with Crippen LogP contribution < -0.4 is 9.47 Å². The first-order valence-corrected chi connectivity index (χ1v) is 11.2. The fraction of sp³-hybridized carbons (Fsp3) is 0.385. The third-order valence-electron chi connectivity index (χ3n) is 5.91. The molecule has 2 aliphatic heterocycles. The molecule has 2 aromatic carbocycles. The van der Waals surface area contributed by atoms with Gasteiger partial charge in [-0.3, -0.25) is 9.59 Å². The van der Waals surface area contributed by atoms with Crippen LogP contribution in [0.1, 0.15) is 43.0 Å². The fourth-order valence-corrected chi connectivity index (χ4v) is 4.31. The Morgan fingerprint density at radius 3 is 2.79 bits per heavy atom. The number of hydrogen-bond acceptors (Lipinski definition) is 6. The van der Waals surface area contributed by atoms with Crippen LogP contribution in [0.2, 0.25) is 0 Å². The predicted molar refractivity (Wildman–Crippen MR) is 123 cm³/mol. The number of amides is 1. The van der Waals surface area contributed by atoms with Gasteiger partial charge in [-0.1, -0.05) is 12.1 Å². The molecule has 0 aliphatic carbocycles. The number of ketones is 1. The maximum absolute atomic E-state index is 13.1. The molecule has 0 saturated carbocycles. The number of hydrogen-bond donors (Lipinski definition) is 1. The van der Waals surface area contributed by atoms with Gasteiger partial charge in [0.25, 0.3) is 11.7 Å². The van der Waals surface area contributed by atoms with Gasteiger partial charge in [0.2, 0.25) is 0 Å². The Labute approximate surface area is 193 Å².